The topological polar surface area (TPSA) is 62.7 Å². The highest BCUT2D eigenvalue weighted by molar-refractivity contribution is 7.89. The fourth-order valence-electron chi connectivity index (χ4n) is 3.75. The largest absolute Gasteiger partial charge is 0.496 e. The highest BCUT2D eigenvalue weighted by Gasteiger charge is 2.28. The molecule has 1 aromatic carbocycles. The average molecular weight is 373 g/mol. The average Bonchev–Trinajstić information content (AvgIpc) is 3.23. The number of hydrogen-bond donors (Lipinski definition) is 0. The van der Waals surface area contributed by atoms with Crippen molar-refractivity contribution in [1.29, 1.82) is 0 Å². The van der Waals surface area contributed by atoms with Crippen LogP contribution in [0.25, 0.3) is 0 Å². The van der Waals surface area contributed by atoms with Gasteiger partial charge in [0.15, 0.2) is 0 Å². The van der Waals surface area contributed by atoms with Crippen LogP contribution >= 0.6 is 0 Å². The number of methoxy groups -OCH3 is 1. The molecule has 138 valence electrons. The second-order valence-electron chi connectivity index (χ2n) is 6.73. The Kier molecular flexibility index (Phi) is 4.58. The van der Waals surface area contributed by atoms with Gasteiger partial charge < -0.3 is 9.64 Å². The smallest absolute Gasteiger partial charge is 0.244 e. The zero-order valence-electron chi connectivity index (χ0n) is 14.9. The lowest BCUT2D eigenvalue weighted by Crippen LogP contribution is -2.31. The lowest BCUT2D eigenvalue weighted by atomic mass is 9.98. The van der Waals surface area contributed by atoms with E-state index in [1.54, 1.807) is 17.5 Å². The second kappa shape index (κ2) is 6.89. The molecule has 1 aromatic heterocycles. The predicted octanol–water partition coefficient (Wildman–Crippen LogP) is 2.44. The summed E-state index contributed by atoms with van der Waals surface area (Å²) in [5, 5.41) is 0. The standard InChI is InChI=1S/C19H23N3O3S/c1-25-18-6-4-5-15-14-21(12-9-17(15)18)19-8-7-16(13-20-19)26(23,24)22-10-2-3-11-22/h4-8,13H,2-3,9-12,14H2,1H3. The van der Waals surface area contributed by atoms with Gasteiger partial charge in [-0.15, -0.1) is 0 Å². The van der Waals surface area contributed by atoms with Crippen molar-refractivity contribution in [3.8, 4) is 5.75 Å². The molecular weight excluding hydrogens is 350 g/mol. The first-order valence-corrected chi connectivity index (χ1v) is 10.4. The molecular formula is C19H23N3O3S. The number of rotatable bonds is 4. The maximum absolute atomic E-state index is 12.6. The molecule has 0 spiro atoms. The molecule has 2 aliphatic heterocycles. The summed E-state index contributed by atoms with van der Waals surface area (Å²) in [4.78, 5) is 6.90. The number of sulfonamides is 1. The highest BCUT2D eigenvalue weighted by Crippen LogP contribution is 2.30. The third kappa shape index (κ3) is 3.05. The molecule has 0 aliphatic carbocycles. The Hall–Kier alpha value is -2.12. The number of anilines is 1. The van der Waals surface area contributed by atoms with Crippen LogP contribution in [0.3, 0.4) is 0 Å². The van der Waals surface area contributed by atoms with Gasteiger partial charge >= 0.3 is 0 Å². The molecule has 3 heterocycles. The maximum Gasteiger partial charge on any atom is 0.244 e. The summed E-state index contributed by atoms with van der Waals surface area (Å²) in [6.07, 6.45) is 4.24. The molecule has 2 aromatic rings. The van der Waals surface area contributed by atoms with E-state index in [2.05, 4.69) is 16.0 Å². The monoisotopic (exact) mass is 373 g/mol. The molecule has 0 atom stereocenters. The van der Waals surface area contributed by atoms with Gasteiger partial charge in [-0.2, -0.15) is 4.31 Å². The van der Waals surface area contributed by atoms with Gasteiger partial charge in [-0.25, -0.2) is 13.4 Å². The van der Waals surface area contributed by atoms with E-state index in [0.29, 0.717) is 13.1 Å². The number of pyridine rings is 1. The van der Waals surface area contributed by atoms with Crippen LogP contribution in [0.2, 0.25) is 0 Å². The van der Waals surface area contributed by atoms with Gasteiger partial charge in [0, 0.05) is 37.9 Å². The third-order valence-corrected chi connectivity index (χ3v) is 7.07. The summed E-state index contributed by atoms with van der Waals surface area (Å²) >= 11 is 0. The minimum Gasteiger partial charge on any atom is -0.496 e. The molecule has 0 N–H and O–H groups in total. The lowest BCUT2D eigenvalue weighted by molar-refractivity contribution is 0.407. The van der Waals surface area contributed by atoms with E-state index in [1.807, 2.05) is 18.2 Å². The zero-order chi connectivity index (χ0) is 18.1. The molecule has 0 saturated carbocycles. The summed E-state index contributed by atoms with van der Waals surface area (Å²) in [7, 11) is -1.71. The highest BCUT2D eigenvalue weighted by atomic mass is 32.2. The molecule has 1 fully saturated rings. The van der Waals surface area contributed by atoms with Gasteiger partial charge in [-0.1, -0.05) is 12.1 Å². The molecule has 0 radical (unpaired) electrons. The molecule has 7 heteroatoms. The summed E-state index contributed by atoms with van der Waals surface area (Å²) in [5.74, 6) is 1.74. The maximum atomic E-state index is 12.6. The van der Waals surface area contributed by atoms with E-state index in [-0.39, 0.29) is 4.90 Å². The third-order valence-electron chi connectivity index (χ3n) is 5.19. The Bertz CT molecular complexity index is 891. The number of nitrogens with zero attached hydrogens (tertiary/aromatic N) is 3. The van der Waals surface area contributed by atoms with Gasteiger partial charge in [0.1, 0.15) is 16.5 Å². The number of benzene rings is 1. The van der Waals surface area contributed by atoms with Crippen LogP contribution in [0.5, 0.6) is 5.75 Å². The summed E-state index contributed by atoms with van der Waals surface area (Å²) < 4.78 is 32.2. The number of ether oxygens (including phenoxy) is 1. The van der Waals surface area contributed by atoms with Gasteiger partial charge in [0.25, 0.3) is 0 Å². The van der Waals surface area contributed by atoms with Crippen LogP contribution in [0, 0.1) is 0 Å². The van der Waals surface area contributed by atoms with Crippen molar-refractivity contribution in [1.82, 2.24) is 9.29 Å². The van der Waals surface area contributed by atoms with Crippen LogP contribution in [0.15, 0.2) is 41.4 Å². The van der Waals surface area contributed by atoms with E-state index >= 15 is 0 Å². The van der Waals surface area contributed by atoms with E-state index in [0.717, 1.165) is 43.9 Å². The number of fused-ring (bicyclic) bond motifs is 1. The van der Waals surface area contributed by atoms with E-state index in [4.69, 9.17) is 4.74 Å². The number of hydrogen-bond acceptors (Lipinski definition) is 5. The van der Waals surface area contributed by atoms with Crippen molar-refractivity contribution in [2.24, 2.45) is 0 Å². The van der Waals surface area contributed by atoms with Crippen LogP contribution in [0.4, 0.5) is 5.82 Å². The summed E-state index contributed by atoms with van der Waals surface area (Å²) in [6, 6.07) is 9.59. The van der Waals surface area contributed by atoms with Crippen molar-refractivity contribution in [2.75, 3.05) is 31.6 Å². The van der Waals surface area contributed by atoms with E-state index < -0.39 is 10.0 Å². The minimum atomic E-state index is -3.41. The summed E-state index contributed by atoms with van der Waals surface area (Å²) in [5.41, 5.74) is 2.48. The molecule has 4 rings (SSSR count). The fraction of sp³-hybridized carbons (Fsp3) is 0.421. The first kappa shape index (κ1) is 17.3. The Labute approximate surface area is 154 Å². The van der Waals surface area contributed by atoms with Gasteiger partial charge in [0.05, 0.1) is 7.11 Å². The van der Waals surface area contributed by atoms with Crippen molar-refractivity contribution in [3.05, 3.63) is 47.7 Å². The Morgan fingerprint density at radius 3 is 2.58 bits per heavy atom. The van der Waals surface area contributed by atoms with E-state index in [1.165, 1.54) is 17.3 Å². The number of aromatic nitrogens is 1. The normalized spacial score (nSPS) is 18.0. The van der Waals surface area contributed by atoms with Crippen LogP contribution in [0.1, 0.15) is 24.0 Å². The summed E-state index contributed by atoms with van der Waals surface area (Å²) in [6.45, 7) is 2.79. The van der Waals surface area contributed by atoms with Crippen LogP contribution in [-0.2, 0) is 23.0 Å². The molecule has 1 saturated heterocycles. The van der Waals surface area contributed by atoms with Gasteiger partial charge in [-0.05, 0) is 43.0 Å². The fourth-order valence-corrected chi connectivity index (χ4v) is 5.21. The molecule has 26 heavy (non-hydrogen) atoms. The molecule has 0 amide bonds. The van der Waals surface area contributed by atoms with Crippen molar-refractivity contribution < 1.29 is 13.2 Å². The quantitative estimate of drug-likeness (QED) is 0.824. The first-order valence-electron chi connectivity index (χ1n) is 8.95. The first-order chi connectivity index (χ1) is 12.6. The Balaban J connectivity index is 1.54. The minimum absolute atomic E-state index is 0.280. The Morgan fingerprint density at radius 2 is 1.88 bits per heavy atom. The van der Waals surface area contributed by atoms with E-state index in [9.17, 15) is 8.42 Å². The van der Waals surface area contributed by atoms with Gasteiger partial charge in [0.2, 0.25) is 10.0 Å². The molecule has 2 aliphatic rings. The Morgan fingerprint density at radius 1 is 1.08 bits per heavy atom. The van der Waals surface area contributed by atoms with Crippen molar-refractivity contribution >= 4 is 15.8 Å². The van der Waals surface area contributed by atoms with Crippen molar-refractivity contribution in [2.45, 2.75) is 30.7 Å². The second-order valence-corrected chi connectivity index (χ2v) is 8.67. The SMILES string of the molecule is COc1cccc2c1CCN(c1ccc(S(=O)(=O)N3CCCC3)cn1)C2. The predicted molar refractivity (Wildman–Crippen MR) is 100.0 cm³/mol. The van der Waals surface area contributed by atoms with Crippen molar-refractivity contribution in [3.63, 3.8) is 0 Å². The molecule has 0 unspecified atom stereocenters. The molecule has 6 nitrogen and oxygen atoms in total. The lowest BCUT2D eigenvalue weighted by Gasteiger charge is -2.30. The zero-order valence-corrected chi connectivity index (χ0v) is 15.7. The van der Waals surface area contributed by atoms with Crippen LogP contribution < -0.4 is 9.64 Å². The molecule has 0 bridgehead atoms. The van der Waals surface area contributed by atoms with Crippen LogP contribution in [-0.4, -0.2) is 44.5 Å². The van der Waals surface area contributed by atoms with Gasteiger partial charge in [-0.3, -0.25) is 0 Å².